The number of carbonyl (C=O) groups excluding carboxylic acids is 2. The molecule has 0 aliphatic carbocycles. The Morgan fingerprint density at radius 1 is 1.00 bits per heavy atom. The fourth-order valence-corrected chi connectivity index (χ4v) is 1.56. The summed E-state index contributed by atoms with van der Waals surface area (Å²) in [5, 5.41) is 30.7. The minimum absolute atomic E-state index is 0.0270. The molecule has 0 bridgehead atoms. The highest BCUT2D eigenvalue weighted by Gasteiger charge is 2.25. The summed E-state index contributed by atoms with van der Waals surface area (Å²) in [4.78, 5) is 34.0. The van der Waals surface area contributed by atoms with Crippen LogP contribution in [0.4, 0.5) is 4.79 Å². The predicted octanol–water partition coefficient (Wildman–Crippen LogP) is -1.16. The van der Waals surface area contributed by atoms with Crippen molar-refractivity contribution >= 4 is 18.0 Å². The van der Waals surface area contributed by atoms with Gasteiger partial charge in [0.1, 0.15) is 18.7 Å². The Morgan fingerprint density at radius 3 is 2.13 bits per heavy atom. The Bertz CT molecular complexity index is 535. The van der Waals surface area contributed by atoms with Gasteiger partial charge in [0.25, 0.3) is 0 Å². The lowest BCUT2D eigenvalue weighted by Gasteiger charge is -2.18. The first-order valence-corrected chi connectivity index (χ1v) is 6.70. The number of aliphatic hydroxyl groups excluding tert-OH is 2. The molecule has 2 amide bonds. The van der Waals surface area contributed by atoms with Crippen molar-refractivity contribution in [3.63, 3.8) is 0 Å². The third kappa shape index (κ3) is 6.32. The molecule has 9 nitrogen and oxygen atoms in total. The van der Waals surface area contributed by atoms with E-state index < -0.39 is 43.3 Å². The van der Waals surface area contributed by atoms with E-state index in [4.69, 9.17) is 20.1 Å². The molecule has 1 aromatic carbocycles. The zero-order valence-electron chi connectivity index (χ0n) is 12.1. The van der Waals surface area contributed by atoms with Crippen LogP contribution in [0.1, 0.15) is 5.56 Å². The van der Waals surface area contributed by atoms with Gasteiger partial charge in [0.15, 0.2) is 0 Å². The second-order valence-corrected chi connectivity index (χ2v) is 4.52. The van der Waals surface area contributed by atoms with Crippen molar-refractivity contribution in [1.82, 2.24) is 10.6 Å². The van der Waals surface area contributed by atoms with Crippen LogP contribution in [0.25, 0.3) is 0 Å². The Balaban J connectivity index is 2.49. The van der Waals surface area contributed by atoms with Gasteiger partial charge in [-0.1, -0.05) is 30.3 Å². The molecule has 0 aliphatic rings. The molecule has 1 aromatic rings. The van der Waals surface area contributed by atoms with Crippen molar-refractivity contribution in [2.75, 3.05) is 13.2 Å². The topological polar surface area (TPSA) is 145 Å². The SMILES string of the molecule is O=C(N[C@@H](CO)C(=O)N[C@@H](CO)C(=O)O)OCc1ccccc1. The largest absolute Gasteiger partial charge is 0.480 e. The highest BCUT2D eigenvalue weighted by atomic mass is 16.5. The van der Waals surface area contributed by atoms with Crippen molar-refractivity contribution < 1.29 is 34.4 Å². The number of hydrogen-bond donors (Lipinski definition) is 5. The second kappa shape index (κ2) is 9.38. The van der Waals surface area contributed by atoms with Crippen LogP contribution in [-0.4, -0.2) is 58.6 Å². The number of hydrogen-bond acceptors (Lipinski definition) is 6. The van der Waals surface area contributed by atoms with Crippen molar-refractivity contribution in [1.29, 1.82) is 0 Å². The van der Waals surface area contributed by atoms with E-state index in [1.54, 1.807) is 30.3 Å². The molecular weight excluding hydrogens is 308 g/mol. The maximum absolute atomic E-state index is 11.7. The van der Waals surface area contributed by atoms with Crippen molar-refractivity contribution in [2.45, 2.75) is 18.7 Å². The quantitative estimate of drug-likeness (QED) is 0.405. The number of rotatable bonds is 8. The van der Waals surface area contributed by atoms with Gasteiger partial charge in [-0.05, 0) is 5.56 Å². The Hall–Kier alpha value is -2.65. The number of amides is 2. The van der Waals surface area contributed by atoms with E-state index >= 15 is 0 Å². The number of benzene rings is 1. The van der Waals surface area contributed by atoms with Crippen LogP contribution in [0.3, 0.4) is 0 Å². The van der Waals surface area contributed by atoms with E-state index in [1.165, 1.54) is 0 Å². The summed E-state index contributed by atoms with van der Waals surface area (Å²) in [6, 6.07) is 5.88. The average Bonchev–Trinajstić information content (AvgIpc) is 2.56. The lowest BCUT2D eigenvalue weighted by Crippen LogP contribution is -2.54. The van der Waals surface area contributed by atoms with E-state index in [0.29, 0.717) is 0 Å². The normalized spacial score (nSPS) is 12.8. The molecule has 126 valence electrons. The van der Waals surface area contributed by atoms with Crippen molar-refractivity contribution in [2.24, 2.45) is 0 Å². The van der Waals surface area contributed by atoms with E-state index in [-0.39, 0.29) is 6.61 Å². The molecule has 0 aromatic heterocycles. The van der Waals surface area contributed by atoms with E-state index in [0.717, 1.165) is 5.56 Å². The van der Waals surface area contributed by atoms with Gasteiger partial charge in [-0.25, -0.2) is 9.59 Å². The smallest absolute Gasteiger partial charge is 0.408 e. The number of carboxylic acid groups (broad SMARTS) is 1. The molecule has 0 heterocycles. The van der Waals surface area contributed by atoms with Crippen LogP contribution >= 0.6 is 0 Å². The van der Waals surface area contributed by atoms with Gasteiger partial charge in [0.05, 0.1) is 13.2 Å². The van der Waals surface area contributed by atoms with Crippen LogP contribution in [0.2, 0.25) is 0 Å². The van der Waals surface area contributed by atoms with Gasteiger partial charge in [0.2, 0.25) is 5.91 Å². The lowest BCUT2D eigenvalue weighted by molar-refractivity contribution is -0.143. The molecule has 2 atom stereocenters. The van der Waals surface area contributed by atoms with Crippen LogP contribution < -0.4 is 10.6 Å². The molecular formula is C14H18N2O7. The molecule has 23 heavy (non-hydrogen) atoms. The molecule has 0 saturated carbocycles. The summed E-state index contributed by atoms with van der Waals surface area (Å²) in [6.07, 6.45) is -0.945. The summed E-state index contributed by atoms with van der Waals surface area (Å²) in [7, 11) is 0. The minimum Gasteiger partial charge on any atom is -0.480 e. The standard InChI is InChI=1S/C14H18N2O7/c17-6-10(12(19)15-11(7-18)13(20)21)16-14(22)23-8-9-4-2-1-3-5-9/h1-5,10-11,17-18H,6-8H2,(H,15,19)(H,16,22)(H,20,21)/t10-,11-/m0/s1. The second-order valence-electron chi connectivity index (χ2n) is 4.52. The lowest BCUT2D eigenvalue weighted by atomic mass is 10.2. The Kier molecular flexibility index (Phi) is 7.51. The minimum atomic E-state index is -1.53. The van der Waals surface area contributed by atoms with Gasteiger partial charge in [-0.3, -0.25) is 4.79 Å². The molecule has 1 rings (SSSR count). The third-order valence-corrected chi connectivity index (χ3v) is 2.80. The first-order valence-electron chi connectivity index (χ1n) is 6.70. The molecule has 0 spiro atoms. The average molecular weight is 326 g/mol. The van der Waals surface area contributed by atoms with E-state index in [2.05, 4.69) is 5.32 Å². The summed E-state index contributed by atoms with van der Waals surface area (Å²) >= 11 is 0. The number of nitrogens with one attached hydrogen (secondary N) is 2. The first-order chi connectivity index (χ1) is 11.0. The highest BCUT2D eigenvalue weighted by Crippen LogP contribution is 2.00. The van der Waals surface area contributed by atoms with Crippen molar-refractivity contribution in [3.8, 4) is 0 Å². The summed E-state index contributed by atoms with van der Waals surface area (Å²) in [5.74, 6) is -2.39. The number of aliphatic hydroxyl groups is 2. The van der Waals surface area contributed by atoms with Gasteiger partial charge in [0, 0.05) is 0 Å². The highest BCUT2D eigenvalue weighted by molar-refractivity contribution is 5.89. The van der Waals surface area contributed by atoms with Gasteiger partial charge in [-0.2, -0.15) is 0 Å². The van der Waals surface area contributed by atoms with Crippen LogP contribution in [0, 0.1) is 0 Å². The van der Waals surface area contributed by atoms with E-state index in [1.807, 2.05) is 5.32 Å². The molecule has 0 unspecified atom stereocenters. The van der Waals surface area contributed by atoms with Crippen LogP contribution in [-0.2, 0) is 20.9 Å². The van der Waals surface area contributed by atoms with Crippen molar-refractivity contribution in [3.05, 3.63) is 35.9 Å². The molecule has 0 saturated heterocycles. The Morgan fingerprint density at radius 2 is 1.61 bits per heavy atom. The summed E-state index contributed by atoms with van der Waals surface area (Å²) < 4.78 is 4.88. The molecule has 9 heteroatoms. The van der Waals surface area contributed by atoms with Gasteiger partial charge < -0.3 is 30.7 Å². The fraction of sp³-hybridized carbons (Fsp3) is 0.357. The number of aliphatic carboxylic acids is 1. The molecule has 0 fully saturated rings. The maximum Gasteiger partial charge on any atom is 0.408 e. The van der Waals surface area contributed by atoms with Gasteiger partial charge >= 0.3 is 12.1 Å². The molecule has 0 radical (unpaired) electrons. The Labute approximate surface area is 131 Å². The number of carboxylic acids is 1. The zero-order chi connectivity index (χ0) is 17.2. The molecule has 5 N–H and O–H groups in total. The zero-order valence-corrected chi connectivity index (χ0v) is 12.1. The number of carbonyl (C=O) groups is 3. The van der Waals surface area contributed by atoms with E-state index in [9.17, 15) is 14.4 Å². The number of ether oxygens (including phenoxy) is 1. The third-order valence-electron chi connectivity index (χ3n) is 2.80. The first kappa shape index (κ1) is 18.4. The van der Waals surface area contributed by atoms with Gasteiger partial charge in [-0.15, -0.1) is 0 Å². The van der Waals surface area contributed by atoms with Crippen LogP contribution in [0.15, 0.2) is 30.3 Å². The number of alkyl carbamates (subject to hydrolysis) is 1. The summed E-state index contributed by atoms with van der Waals surface area (Å²) in [5.41, 5.74) is 0.735. The van der Waals surface area contributed by atoms with Crippen LogP contribution in [0.5, 0.6) is 0 Å². The monoisotopic (exact) mass is 326 g/mol. The maximum atomic E-state index is 11.7. The summed E-state index contributed by atoms with van der Waals surface area (Å²) in [6.45, 7) is -1.61. The fourth-order valence-electron chi connectivity index (χ4n) is 1.56. The molecule has 0 aliphatic heterocycles. The predicted molar refractivity (Wildman–Crippen MR) is 77.3 cm³/mol.